The van der Waals surface area contributed by atoms with Gasteiger partial charge in [0.15, 0.2) is 0 Å². The molecule has 12 heteroatoms. The van der Waals surface area contributed by atoms with E-state index in [9.17, 15) is 28.8 Å². The summed E-state index contributed by atoms with van der Waals surface area (Å²) in [7, 11) is 2.36. The van der Waals surface area contributed by atoms with E-state index < -0.39 is 41.4 Å². The van der Waals surface area contributed by atoms with Crippen LogP contribution in [0, 0.1) is 23.1 Å². The van der Waals surface area contributed by atoms with E-state index in [1.807, 2.05) is 6.07 Å². The second-order valence-corrected chi connectivity index (χ2v) is 9.30. The summed E-state index contributed by atoms with van der Waals surface area (Å²) in [5.74, 6) is -6.02. The number of thioether (sulfide) groups is 1. The first kappa shape index (κ1) is 26.9. The first-order valence-electron chi connectivity index (χ1n) is 10.3. The molecule has 0 bridgehead atoms. The number of anilines is 1. The third kappa shape index (κ3) is 5.92. The van der Waals surface area contributed by atoms with Crippen LogP contribution < -0.4 is 10.6 Å². The van der Waals surface area contributed by atoms with Crippen LogP contribution in [0.15, 0.2) is 57.5 Å². The van der Waals surface area contributed by atoms with Crippen LogP contribution in [-0.2, 0) is 23.9 Å². The van der Waals surface area contributed by atoms with Gasteiger partial charge in [0.1, 0.15) is 11.7 Å². The van der Waals surface area contributed by atoms with Crippen LogP contribution in [0.1, 0.15) is 21.8 Å². The number of carbonyl (C=O) groups is 4. The zero-order valence-electron chi connectivity index (χ0n) is 19.0. The van der Waals surface area contributed by atoms with Crippen molar-refractivity contribution in [3.8, 4) is 6.07 Å². The minimum atomic E-state index is -1.37. The minimum absolute atomic E-state index is 0.0275. The topological polar surface area (TPSA) is 135 Å². The molecule has 0 aromatic heterocycles. The zero-order valence-corrected chi connectivity index (χ0v) is 21.4. The Bertz CT molecular complexity index is 1290. The van der Waals surface area contributed by atoms with Gasteiger partial charge in [0.25, 0.3) is 0 Å². The Morgan fingerprint density at radius 3 is 2.44 bits per heavy atom. The molecule has 0 saturated heterocycles. The fourth-order valence-electron chi connectivity index (χ4n) is 3.54. The summed E-state index contributed by atoms with van der Waals surface area (Å²) in [5.41, 5.74) is 0.651. The summed E-state index contributed by atoms with van der Waals surface area (Å²) < 4.78 is 24.0. The smallest absolute Gasteiger partial charge is 0.337 e. The quantitative estimate of drug-likeness (QED) is 0.378. The predicted octanol–water partition coefficient (Wildman–Crippen LogP) is 3.48. The van der Waals surface area contributed by atoms with E-state index in [4.69, 9.17) is 4.74 Å². The van der Waals surface area contributed by atoms with Crippen molar-refractivity contribution in [2.24, 2.45) is 5.92 Å². The lowest BCUT2D eigenvalue weighted by molar-refractivity contribution is -0.150. The molecule has 0 saturated carbocycles. The van der Waals surface area contributed by atoms with Crippen molar-refractivity contribution in [2.45, 2.75) is 5.92 Å². The summed E-state index contributed by atoms with van der Waals surface area (Å²) in [5, 5.41) is 15.0. The van der Waals surface area contributed by atoms with Crippen molar-refractivity contribution < 1.29 is 33.0 Å². The number of methoxy groups -OCH3 is 2. The Morgan fingerprint density at radius 2 is 1.86 bits per heavy atom. The zero-order chi connectivity index (χ0) is 26.4. The second-order valence-electron chi connectivity index (χ2n) is 7.40. The molecule has 186 valence electrons. The Morgan fingerprint density at radius 1 is 1.17 bits per heavy atom. The minimum Gasteiger partial charge on any atom is -0.468 e. The second kappa shape index (κ2) is 11.8. The van der Waals surface area contributed by atoms with Crippen LogP contribution in [0.4, 0.5) is 10.1 Å². The van der Waals surface area contributed by atoms with Gasteiger partial charge in [-0.15, -0.1) is 0 Å². The van der Waals surface area contributed by atoms with Crippen LogP contribution in [0.5, 0.6) is 0 Å². The highest BCUT2D eigenvalue weighted by molar-refractivity contribution is 9.10. The van der Waals surface area contributed by atoms with Crippen LogP contribution in [0.3, 0.4) is 0 Å². The SMILES string of the molecule is COC(=O)c1ccc([C@@H]2C(C#N)=C(SCC(=O)Nc3ccc(Br)cc3F)NC(=O)[C@H]2C(=O)OC)cc1. The van der Waals surface area contributed by atoms with Crippen LogP contribution in [0.25, 0.3) is 0 Å². The first-order chi connectivity index (χ1) is 17.2. The molecule has 0 radical (unpaired) electrons. The van der Waals surface area contributed by atoms with E-state index in [1.165, 1.54) is 43.5 Å². The molecule has 2 N–H and O–H groups in total. The van der Waals surface area contributed by atoms with E-state index in [2.05, 4.69) is 31.3 Å². The van der Waals surface area contributed by atoms with Crippen molar-refractivity contribution >= 4 is 57.1 Å². The Kier molecular flexibility index (Phi) is 8.84. The number of nitriles is 1. The van der Waals surface area contributed by atoms with Crippen LogP contribution >= 0.6 is 27.7 Å². The lowest BCUT2D eigenvalue weighted by Crippen LogP contribution is -2.44. The molecule has 2 atom stereocenters. The van der Waals surface area contributed by atoms with Gasteiger partial charge in [-0.2, -0.15) is 5.26 Å². The van der Waals surface area contributed by atoms with E-state index >= 15 is 0 Å². The van der Waals surface area contributed by atoms with E-state index in [0.29, 0.717) is 10.0 Å². The largest absolute Gasteiger partial charge is 0.468 e. The molecule has 1 aliphatic rings. The molecule has 0 spiro atoms. The van der Waals surface area contributed by atoms with Crippen molar-refractivity contribution in [3.63, 3.8) is 0 Å². The van der Waals surface area contributed by atoms with Crippen molar-refractivity contribution in [1.29, 1.82) is 5.26 Å². The number of hydrogen-bond donors (Lipinski definition) is 2. The molecular formula is C24H19BrFN3O6S. The highest BCUT2D eigenvalue weighted by atomic mass is 79.9. The molecule has 0 fully saturated rings. The molecule has 0 unspecified atom stereocenters. The molecule has 3 rings (SSSR count). The van der Waals surface area contributed by atoms with Gasteiger partial charge in [-0.25, -0.2) is 9.18 Å². The van der Waals surface area contributed by atoms with Gasteiger partial charge in [0, 0.05) is 10.4 Å². The van der Waals surface area contributed by atoms with E-state index in [1.54, 1.807) is 6.07 Å². The maximum absolute atomic E-state index is 14.0. The maximum Gasteiger partial charge on any atom is 0.337 e. The molecule has 1 aliphatic heterocycles. The summed E-state index contributed by atoms with van der Waals surface area (Å²) in [4.78, 5) is 49.6. The van der Waals surface area contributed by atoms with Gasteiger partial charge >= 0.3 is 11.9 Å². The third-order valence-corrected chi connectivity index (χ3v) is 6.74. The summed E-state index contributed by atoms with van der Waals surface area (Å²) in [6, 6.07) is 12.1. The number of benzene rings is 2. The highest BCUT2D eigenvalue weighted by Crippen LogP contribution is 2.40. The van der Waals surface area contributed by atoms with Gasteiger partial charge in [-0.3, -0.25) is 14.4 Å². The molecule has 2 aromatic rings. The van der Waals surface area contributed by atoms with Gasteiger partial charge < -0.3 is 20.1 Å². The monoisotopic (exact) mass is 575 g/mol. The summed E-state index contributed by atoms with van der Waals surface area (Å²) in [6.45, 7) is 0. The number of nitrogens with zero attached hydrogens (tertiary/aromatic N) is 1. The van der Waals surface area contributed by atoms with Crippen molar-refractivity contribution in [2.75, 3.05) is 25.3 Å². The number of allylic oxidation sites excluding steroid dienone is 1. The summed E-state index contributed by atoms with van der Waals surface area (Å²) >= 11 is 3.99. The van der Waals surface area contributed by atoms with Gasteiger partial charge in [-0.05, 0) is 35.9 Å². The number of halogens is 2. The number of carbonyl (C=O) groups excluding carboxylic acids is 4. The van der Waals surface area contributed by atoms with Crippen LogP contribution in [0.2, 0.25) is 0 Å². The Balaban J connectivity index is 1.91. The standard InChI is InChI=1S/C24H19BrFN3O6S/c1-34-23(32)13-5-3-12(4-6-13)19-15(10-27)22(29-21(31)20(19)24(33)35-2)36-11-18(30)28-17-8-7-14(25)9-16(17)26/h3-9,19-20H,11H2,1-2H3,(H,28,30)(H,29,31)/t19-,20+/m1/s1. The number of amides is 2. The molecule has 1 heterocycles. The molecule has 2 amide bonds. The van der Waals surface area contributed by atoms with Gasteiger partial charge in [-0.1, -0.05) is 39.8 Å². The number of esters is 2. The number of nitrogens with one attached hydrogen (secondary N) is 2. The first-order valence-corrected chi connectivity index (χ1v) is 12.1. The Hall–Kier alpha value is -3.69. The number of rotatable bonds is 7. The lowest BCUT2D eigenvalue weighted by atomic mass is 9.78. The fraction of sp³-hybridized carbons (Fsp3) is 0.208. The van der Waals surface area contributed by atoms with Crippen molar-refractivity contribution in [1.82, 2.24) is 5.32 Å². The third-order valence-electron chi connectivity index (χ3n) is 5.23. The molecule has 2 aromatic carbocycles. The lowest BCUT2D eigenvalue weighted by Gasteiger charge is -2.31. The molecule has 9 nitrogen and oxygen atoms in total. The van der Waals surface area contributed by atoms with Crippen LogP contribution in [-0.4, -0.2) is 43.7 Å². The highest BCUT2D eigenvalue weighted by Gasteiger charge is 2.44. The molecular weight excluding hydrogens is 557 g/mol. The maximum atomic E-state index is 14.0. The number of hydrogen-bond acceptors (Lipinski definition) is 8. The van der Waals surface area contributed by atoms with Crippen molar-refractivity contribution in [3.05, 3.63) is 74.5 Å². The van der Waals surface area contributed by atoms with E-state index in [-0.39, 0.29) is 27.6 Å². The average molecular weight is 576 g/mol. The van der Waals surface area contributed by atoms with Gasteiger partial charge in [0.05, 0.1) is 47.9 Å². The predicted molar refractivity (Wildman–Crippen MR) is 132 cm³/mol. The molecule has 0 aliphatic carbocycles. The van der Waals surface area contributed by atoms with Gasteiger partial charge in [0.2, 0.25) is 11.8 Å². The molecule has 36 heavy (non-hydrogen) atoms. The average Bonchev–Trinajstić information content (AvgIpc) is 2.87. The Labute approximate surface area is 218 Å². The summed E-state index contributed by atoms with van der Waals surface area (Å²) in [6.07, 6.45) is 0. The fourth-order valence-corrected chi connectivity index (χ4v) is 4.72. The normalized spacial score (nSPS) is 17.0. The number of ether oxygens (including phenoxy) is 2. The van der Waals surface area contributed by atoms with E-state index in [0.717, 1.165) is 18.9 Å².